The number of halogens is 1. The second-order valence-corrected chi connectivity index (χ2v) is 5.71. The van der Waals surface area contributed by atoms with Crippen LogP contribution in [0.1, 0.15) is 5.56 Å². The predicted molar refractivity (Wildman–Crippen MR) is 81.4 cm³/mol. The first kappa shape index (κ1) is 15.0. The summed E-state index contributed by atoms with van der Waals surface area (Å²) in [5.74, 6) is -0.100. The summed E-state index contributed by atoms with van der Waals surface area (Å²) in [6, 6.07) is 7.75. The van der Waals surface area contributed by atoms with E-state index in [-0.39, 0.29) is 18.5 Å². The average Bonchev–Trinajstić information content (AvgIpc) is 2.42. The van der Waals surface area contributed by atoms with Gasteiger partial charge in [-0.05, 0) is 40.5 Å². The Morgan fingerprint density at radius 2 is 2.45 bits per heavy atom. The lowest BCUT2D eigenvalue weighted by Crippen LogP contribution is -2.52. The summed E-state index contributed by atoms with van der Waals surface area (Å²) in [6.07, 6.45) is 0. The fourth-order valence-electron chi connectivity index (χ4n) is 2.16. The zero-order chi connectivity index (χ0) is 14.5. The first-order valence-electron chi connectivity index (χ1n) is 6.50. The number of benzene rings is 1. The molecule has 1 saturated heterocycles. The Morgan fingerprint density at radius 3 is 3.15 bits per heavy atom. The number of aryl methyl sites for hydroxylation is 1. The molecule has 0 aliphatic carbocycles. The molecule has 1 unspecified atom stereocenters. The Bertz CT molecular complexity index is 540. The number of nitrogens with one attached hydrogen (secondary N) is 2. The standard InChI is InChI=1S/C14H17BrN4O/c1-10-2-3-13(12(15)6-10)18-14(20)9-19-5-4-17-8-11(19)7-16/h2-3,6,11,17H,4-5,8-9H2,1H3,(H,18,20). The van der Waals surface area contributed by atoms with Crippen molar-refractivity contribution in [1.82, 2.24) is 10.2 Å². The molecule has 1 amide bonds. The highest BCUT2D eigenvalue weighted by Gasteiger charge is 2.23. The van der Waals surface area contributed by atoms with Crippen LogP contribution in [0.3, 0.4) is 0 Å². The first-order valence-corrected chi connectivity index (χ1v) is 7.30. The lowest BCUT2D eigenvalue weighted by molar-refractivity contribution is -0.117. The van der Waals surface area contributed by atoms with E-state index in [0.717, 1.165) is 22.3 Å². The average molecular weight is 337 g/mol. The van der Waals surface area contributed by atoms with Gasteiger partial charge in [0.25, 0.3) is 0 Å². The summed E-state index contributed by atoms with van der Waals surface area (Å²) in [6.45, 7) is 4.35. The number of rotatable bonds is 3. The Kier molecular flexibility index (Phi) is 5.12. The topological polar surface area (TPSA) is 68.2 Å². The Labute approximate surface area is 127 Å². The highest BCUT2D eigenvalue weighted by molar-refractivity contribution is 9.10. The lowest BCUT2D eigenvalue weighted by atomic mass is 10.2. The summed E-state index contributed by atoms with van der Waals surface area (Å²) in [5, 5.41) is 15.1. The van der Waals surface area contributed by atoms with Gasteiger partial charge in [0.2, 0.25) is 5.91 Å². The van der Waals surface area contributed by atoms with Gasteiger partial charge in [0, 0.05) is 24.1 Å². The molecule has 1 aromatic carbocycles. The molecule has 1 aliphatic heterocycles. The van der Waals surface area contributed by atoms with E-state index in [1.807, 2.05) is 30.0 Å². The molecule has 106 valence electrons. The summed E-state index contributed by atoms with van der Waals surface area (Å²) in [4.78, 5) is 14.0. The maximum Gasteiger partial charge on any atom is 0.238 e. The lowest BCUT2D eigenvalue weighted by Gasteiger charge is -2.31. The van der Waals surface area contributed by atoms with Gasteiger partial charge in [0.1, 0.15) is 6.04 Å². The number of nitrogens with zero attached hydrogens (tertiary/aromatic N) is 2. The highest BCUT2D eigenvalue weighted by Crippen LogP contribution is 2.23. The SMILES string of the molecule is Cc1ccc(NC(=O)CN2CCNCC2C#N)c(Br)c1. The largest absolute Gasteiger partial charge is 0.324 e. The van der Waals surface area contributed by atoms with Crippen LogP contribution in [-0.2, 0) is 4.79 Å². The van der Waals surface area contributed by atoms with Gasteiger partial charge in [-0.2, -0.15) is 5.26 Å². The minimum atomic E-state index is -0.240. The van der Waals surface area contributed by atoms with Crippen molar-refractivity contribution in [3.05, 3.63) is 28.2 Å². The van der Waals surface area contributed by atoms with E-state index >= 15 is 0 Å². The fraction of sp³-hybridized carbons (Fsp3) is 0.429. The summed E-state index contributed by atoms with van der Waals surface area (Å²) in [5.41, 5.74) is 1.88. The van der Waals surface area contributed by atoms with Gasteiger partial charge in [0.15, 0.2) is 0 Å². The van der Waals surface area contributed by atoms with Crippen LogP contribution in [0.4, 0.5) is 5.69 Å². The number of nitriles is 1. The molecule has 0 saturated carbocycles. The van der Waals surface area contributed by atoms with Crippen LogP contribution in [0.2, 0.25) is 0 Å². The van der Waals surface area contributed by atoms with Gasteiger partial charge < -0.3 is 10.6 Å². The normalized spacial score (nSPS) is 19.4. The predicted octanol–water partition coefficient (Wildman–Crippen LogP) is 1.49. The van der Waals surface area contributed by atoms with Gasteiger partial charge >= 0.3 is 0 Å². The Balaban J connectivity index is 1.96. The molecule has 2 N–H and O–H groups in total. The van der Waals surface area contributed by atoms with Crippen LogP contribution in [0, 0.1) is 18.3 Å². The van der Waals surface area contributed by atoms with Crippen molar-refractivity contribution in [3.63, 3.8) is 0 Å². The van der Waals surface area contributed by atoms with Crippen LogP contribution in [0.25, 0.3) is 0 Å². The molecular formula is C14H17BrN4O. The van der Waals surface area contributed by atoms with E-state index < -0.39 is 0 Å². The third-order valence-corrected chi connectivity index (χ3v) is 3.90. The van der Waals surface area contributed by atoms with Crippen molar-refractivity contribution in [2.75, 3.05) is 31.5 Å². The molecule has 0 radical (unpaired) electrons. The number of hydrogen-bond acceptors (Lipinski definition) is 4. The first-order chi connectivity index (χ1) is 9.60. The number of carbonyl (C=O) groups is 1. The quantitative estimate of drug-likeness (QED) is 0.877. The Hall–Kier alpha value is -1.42. The van der Waals surface area contributed by atoms with Crippen molar-refractivity contribution in [3.8, 4) is 6.07 Å². The number of hydrogen-bond donors (Lipinski definition) is 2. The van der Waals surface area contributed by atoms with E-state index in [9.17, 15) is 4.79 Å². The number of piperazine rings is 1. The van der Waals surface area contributed by atoms with Gasteiger partial charge in [-0.1, -0.05) is 6.07 Å². The van der Waals surface area contributed by atoms with Crippen LogP contribution in [0.5, 0.6) is 0 Å². The molecule has 1 atom stereocenters. The smallest absolute Gasteiger partial charge is 0.238 e. The molecule has 1 fully saturated rings. The third kappa shape index (κ3) is 3.79. The third-order valence-electron chi connectivity index (χ3n) is 3.25. The minimum Gasteiger partial charge on any atom is -0.324 e. The van der Waals surface area contributed by atoms with Crippen LogP contribution in [-0.4, -0.2) is 43.0 Å². The maximum atomic E-state index is 12.1. The van der Waals surface area contributed by atoms with Crippen LogP contribution >= 0.6 is 15.9 Å². The molecule has 2 rings (SSSR count). The summed E-state index contributed by atoms with van der Waals surface area (Å²) >= 11 is 3.44. The van der Waals surface area contributed by atoms with Crippen LogP contribution in [0.15, 0.2) is 22.7 Å². The van der Waals surface area contributed by atoms with E-state index in [4.69, 9.17) is 5.26 Å². The van der Waals surface area contributed by atoms with Gasteiger partial charge in [0.05, 0.1) is 18.3 Å². The zero-order valence-corrected chi connectivity index (χ0v) is 12.9. The summed E-state index contributed by atoms with van der Waals surface area (Å²) < 4.78 is 0.864. The summed E-state index contributed by atoms with van der Waals surface area (Å²) in [7, 11) is 0. The van der Waals surface area contributed by atoms with Crippen molar-refractivity contribution < 1.29 is 4.79 Å². The van der Waals surface area contributed by atoms with Crippen molar-refractivity contribution in [1.29, 1.82) is 5.26 Å². The molecule has 0 aromatic heterocycles. The van der Waals surface area contributed by atoms with Crippen LogP contribution < -0.4 is 10.6 Å². The molecular weight excluding hydrogens is 320 g/mol. The van der Waals surface area contributed by atoms with E-state index in [1.54, 1.807) is 0 Å². The Morgan fingerprint density at radius 1 is 1.65 bits per heavy atom. The van der Waals surface area contributed by atoms with Gasteiger partial charge in [-0.15, -0.1) is 0 Å². The van der Waals surface area contributed by atoms with E-state index in [2.05, 4.69) is 32.6 Å². The highest BCUT2D eigenvalue weighted by atomic mass is 79.9. The van der Waals surface area contributed by atoms with Crippen molar-refractivity contribution in [2.24, 2.45) is 0 Å². The molecule has 20 heavy (non-hydrogen) atoms. The molecule has 5 nitrogen and oxygen atoms in total. The van der Waals surface area contributed by atoms with E-state index in [1.165, 1.54) is 0 Å². The molecule has 0 bridgehead atoms. The molecule has 1 aliphatic rings. The molecule has 1 aromatic rings. The number of carbonyl (C=O) groups excluding carboxylic acids is 1. The number of amides is 1. The fourth-order valence-corrected chi connectivity index (χ4v) is 2.75. The molecule has 0 spiro atoms. The second-order valence-electron chi connectivity index (χ2n) is 4.85. The zero-order valence-electron chi connectivity index (χ0n) is 11.3. The number of anilines is 1. The monoisotopic (exact) mass is 336 g/mol. The minimum absolute atomic E-state index is 0.100. The van der Waals surface area contributed by atoms with Crippen molar-refractivity contribution >= 4 is 27.5 Å². The molecule has 1 heterocycles. The van der Waals surface area contributed by atoms with Gasteiger partial charge in [-0.3, -0.25) is 9.69 Å². The van der Waals surface area contributed by atoms with Gasteiger partial charge in [-0.25, -0.2) is 0 Å². The maximum absolute atomic E-state index is 12.1. The molecule has 6 heteroatoms. The van der Waals surface area contributed by atoms with E-state index in [0.29, 0.717) is 13.1 Å². The van der Waals surface area contributed by atoms with Crippen molar-refractivity contribution in [2.45, 2.75) is 13.0 Å². The second kappa shape index (κ2) is 6.84.